The van der Waals surface area contributed by atoms with Crippen molar-refractivity contribution >= 4 is 0 Å². The fourth-order valence-corrected chi connectivity index (χ4v) is 2.07. The maximum absolute atomic E-state index is 5.64. The van der Waals surface area contributed by atoms with Gasteiger partial charge in [-0.15, -0.1) is 0 Å². The van der Waals surface area contributed by atoms with E-state index in [1.807, 2.05) is 0 Å². The van der Waals surface area contributed by atoms with Gasteiger partial charge in [-0.25, -0.2) is 0 Å². The van der Waals surface area contributed by atoms with Crippen LogP contribution < -0.4 is 5.73 Å². The number of benzene rings is 1. The number of rotatable bonds is 2. The van der Waals surface area contributed by atoms with E-state index in [1.54, 1.807) is 0 Å². The molecule has 0 saturated heterocycles. The van der Waals surface area contributed by atoms with E-state index in [4.69, 9.17) is 5.73 Å². The molecule has 0 radical (unpaired) electrons. The van der Waals surface area contributed by atoms with Crippen molar-refractivity contribution in [3.05, 3.63) is 34.9 Å². The quantitative estimate of drug-likeness (QED) is 0.766. The van der Waals surface area contributed by atoms with E-state index in [1.165, 1.54) is 29.7 Å². The van der Waals surface area contributed by atoms with Crippen molar-refractivity contribution in [1.29, 1.82) is 0 Å². The summed E-state index contributed by atoms with van der Waals surface area (Å²) >= 11 is 0. The Balaban J connectivity index is 2.25. The van der Waals surface area contributed by atoms with E-state index < -0.39 is 0 Å². The monoisotopic (exact) mass is 190 g/mol. The summed E-state index contributed by atoms with van der Waals surface area (Å²) in [6, 6.07) is 6.65. The number of fused-ring (bicyclic) bond motifs is 1. The van der Waals surface area contributed by atoms with Crippen LogP contribution in [0.4, 0.5) is 0 Å². The zero-order chi connectivity index (χ0) is 9.97. The number of hydrogen-bond acceptors (Lipinski definition) is 2. The normalized spacial score (nSPS) is 16.7. The molecule has 0 aromatic heterocycles. The van der Waals surface area contributed by atoms with Crippen LogP contribution in [0.2, 0.25) is 0 Å². The van der Waals surface area contributed by atoms with Gasteiger partial charge in [-0.05, 0) is 29.7 Å². The zero-order valence-corrected chi connectivity index (χ0v) is 8.79. The van der Waals surface area contributed by atoms with Crippen LogP contribution in [0.15, 0.2) is 18.2 Å². The lowest BCUT2D eigenvalue weighted by atomic mass is 9.97. The molecule has 1 aliphatic heterocycles. The zero-order valence-electron chi connectivity index (χ0n) is 8.79. The predicted molar refractivity (Wildman–Crippen MR) is 59.0 cm³/mol. The molecule has 0 bridgehead atoms. The molecular weight excluding hydrogens is 172 g/mol. The third-order valence-corrected chi connectivity index (χ3v) is 3.04. The predicted octanol–water partition coefficient (Wildman–Crippen LogP) is 1.52. The molecule has 0 spiro atoms. The van der Waals surface area contributed by atoms with Gasteiger partial charge in [0.1, 0.15) is 0 Å². The summed E-state index contributed by atoms with van der Waals surface area (Å²) in [5, 5.41) is 0. The first-order chi connectivity index (χ1) is 6.83. The van der Waals surface area contributed by atoms with Crippen LogP contribution in [0.3, 0.4) is 0 Å². The Hall–Kier alpha value is -0.860. The highest BCUT2D eigenvalue weighted by molar-refractivity contribution is 5.33. The molecule has 0 aliphatic carbocycles. The van der Waals surface area contributed by atoms with Crippen molar-refractivity contribution in [1.82, 2.24) is 4.90 Å². The number of likely N-dealkylation sites (N-methyl/N-ethyl adjacent to an activating group) is 1. The summed E-state index contributed by atoms with van der Waals surface area (Å²) in [5.41, 5.74) is 9.87. The first-order valence-electron chi connectivity index (χ1n) is 5.36. The average molecular weight is 190 g/mol. The Morgan fingerprint density at radius 1 is 1.36 bits per heavy atom. The highest BCUT2D eigenvalue weighted by Crippen LogP contribution is 2.19. The molecule has 76 valence electrons. The summed E-state index contributed by atoms with van der Waals surface area (Å²) in [5.74, 6) is 0. The van der Waals surface area contributed by atoms with E-state index in [-0.39, 0.29) is 0 Å². The van der Waals surface area contributed by atoms with Gasteiger partial charge in [-0.2, -0.15) is 0 Å². The molecule has 1 aromatic rings. The highest BCUT2D eigenvalue weighted by Gasteiger charge is 2.14. The molecule has 0 unspecified atom stereocenters. The number of nitrogens with zero attached hydrogens (tertiary/aromatic N) is 1. The van der Waals surface area contributed by atoms with Crippen LogP contribution in [-0.2, 0) is 19.5 Å². The molecule has 0 saturated carbocycles. The van der Waals surface area contributed by atoms with Gasteiger partial charge in [0.15, 0.2) is 0 Å². The third-order valence-electron chi connectivity index (χ3n) is 3.04. The molecule has 0 atom stereocenters. The standard InChI is InChI=1S/C12H18N2/c1-2-14-6-5-11-4-3-10(8-13)7-12(11)9-14/h3-4,7H,2,5-6,8-9,13H2,1H3. The van der Waals surface area contributed by atoms with Crippen molar-refractivity contribution in [2.24, 2.45) is 5.73 Å². The first-order valence-corrected chi connectivity index (χ1v) is 5.36. The Morgan fingerprint density at radius 2 is 2.21 bits per heavy atom. The van der Waals surface area contributed by atoms with Crippen LogP contribution in [0, 0.1) is 0 Å². The lowest BCUT2D eigenvalue weighted by Crippen LogP contribution is -2.30. The van der Waals surface area contributed by atoms with Crippen LogP contribution in [0.5, 0.6) is 0 Å². The summed E-state index contributed by atoms with van der Waals surface area (Å²) in [7, 11) is 0. The largest absolute Gasteiger partial charge is 0.326 e. The van der Waals surface area contributed by atoms with E-state index >= 15 is 0 Å². The maximum Gasteiger partial charge on any atom is 0.0236 e. The lowest BCUT2D eigenvalue weighted by molar-refractivity contribution is 0.268. The van der Waals surface area contributed by atoms with Gasteiger partial charge in [0.2, 0.25) is 0 Å². The van der Waals surface area contributed by atoms with Crippen molar-refractivity contribution < 1.29 is 0 Å². The van der Waals surface area contributed by atoms with Crippen molar-refractivity contribution in [2.75, 3.05) is 13.1 Å². The van der Waals surface area contributed by atoms with Gasteiger partial charge in [0.25, 0.3) is 0 Å². The fraction of sp³-hybridized carbons (Fsp3) is 0.500. The molecule has 1 aliphatic rings. The molecule has 2 N–H and O–H groups in total. The average Bonchev–Trinajstić information content (AvgIpc) is 2.27. The van der Waals surface area contributed by atoms with Crippen molar-refractivity contribution in [2.45, 2.75) is 26.4 Å². The molecular formula is C12H18N2. The second-order valence-corrected chi connectivity index (χ2v) is 3.93. The van der Waals surface area contributed by atoms with Crippen LogP contribution in [-0.4, -0.2) is 18.0 Å². The Morgan fingerprint density at radius 3 is 2.93 bits per heavy atom. The minimum absolute atomic E-state index is 0.652. The Kier molecular flexibility index (Phi) is 2.85. The SMILES string of the molecule is CCN1CCc2ccc(CN)cc2C1. The molecule has 1 aromatic carbocycles. The van der Waals surface area contributed by atoms with Crippen molar-refractivity contribution in [3.8, 4) is 0 Å². The van der Waals surface area contributed by atoms with Crippen molar-refractivity contribution in [3.63, 3.8) is 0 Å². The minimum atomic E-state index is 0.652. The maximum atomic E-state index is 5.64. The van der Waals surface area contributed by atoms with Gasteiger partial charge in [-0.1, -0.05) is 25.1 Å². The molecule has 2 rings (SSSR count). The Bertz CT molecular complexity index is 320. The van der Waals surface area contributed by atoms with Gasteiger partial charge < -0.3 is 5.73 Å². The van der Waals surface area contributed by atoms with Gasteiger partial charge in [0, 0.05) is 19.6 Å². The van der Waals surface area contributed by atoms with E-state index in [0.29, 0.717) is 6.54 Å². The highest BCUT2D eigenvalue weighted by atomic mass is 15.1. The van der Waals surface area contributed by atoms with Crippen LogP contribution >= 0.6 is 0 Å². The topological polar surface area (TPSA) is 29.3 Å². The van der Waals surface area contributed by atoms with Crippen LogP contribution in [0.25, 0.3) is 0 Å². The second-order valence-electron chi connectivity index (χ2n) is 3.93. The second kappa shape index (κ2) is 4.11. The first kappa shape index (κ1) is 9.69. The summed E-state index contributed by atoms with van der Waals surface area (Å²) < 4.78 is 0. The number of hydrogen-bond donors (Lipinski definition) is 1. The Labute approximate surface area is 85.7 Å². The van der Waals surface area contributed by atoms with E-state index in [0.717, 1.165) is 13.1 Å². The molecule has 14 heavy (non-hydrogen) atoms. The molecule has 0 fully saturated rings. The van der Waals surface area contributed by atoms with Gasteiger partial charge in [-0.3, -0.25) is 4.90 Å². The molecule has 2 heteroatoms. The van der Waals surface area contributed by atoms with E-state index in [2.05, 4.69) is 30.0 Å². The summed E-state index contributed by atoms with van der Waals surface area (Å²) in [6.07, 6.45) is 1.19. The van der Waals surface area contributed by atoms with E-state index in [9.17, 15) is 0 Å². The molecule has 2 nitrogen and oxygen atoms in total. The third kappa shape index (κ3) is 1.81. The van der Waals surface area contributed by atoms with Crippen LogP contribution in [0.1, 0.15) is 23.6 Å². The molecule has 1 heterocycles. The fourth-order valence-electron chi connectivity index (χ4n) is 2.07. The summed E-state index contributed by atoms with van der Waals surface area (Å²) in [4.78, 5) is 2.47. The number of nitrogens with two attached hydrogens (primary N) is 1. The smallest absolute Gasteiger partial charge is 0.0236 e. The summed E-state index contributed by atoms with van der Waals surface area (Å²) in [6.45, 7) is 6.31. The minimum Gasteiger partial charge on any atom is -0.326 e. The molecule has 0 amide bonds. The lowest BCUT2D eigenvalue weighted by Gasteiger charge is -2.27. The van der Waals surface area contributed by atoms with Gasteiger partial charge >= 0.3 is 0 Å². The van der Waals surface area contributed by atoms with Gasteiger partial charge in [0.05, 0.1) is 0 Å².